The van der Waals surface area contributed by atoms with E-state index in [1.807, 2.05) is 17.5 Å². The van der Waals surface area contributed by atoms with E-state index in [1.54, 1.807) is 0 Å². The molecule has 0 radical (unpaired) electrons. The number of thiophene rings is 1. The molecule has 3 heterocycles. The Kier molecular flexibility index (Phi) is 3.64. The zero-order chi connectivity index (χ0) is 14.9. The Hall–Kier alpha value is -1.94. The quantitative estimate of drug-likeness (QED) is 0.745. The summed E-state index contributed by atoms with van der Waals surface area (Å²) in [7, 11) is 0. The van der Waals surface area contributed by atoms with Crippen LogP contribution in [0.5, 0.6) is 0 Å². The van der Waals surface area contributed by atoms with E-state index in [0.29, 0.717) is 5.82 Å². The van der Waals surface area contributed by atoms with Gasteiger partial charge in [-0.15, -0.1) is 16.4 Å². The molecule has 1 N–H and O–H groups in total. The molecule has 108 valence electrons. The summed E-state index contributed by atoms with van der Waals surface area (Å²) in [4.78, 5) is 12.3. The highest BCUT2D eigenvalue weighted by atomic mass is 32.2. The molecule has 0 spiro atoms. The van der Waals surface area contributed by atoms with Crippen LogP contribution < -0.4 is 0 Å². The molecule has 0 bridgehead atoms. The molecular formula is C11H6F3N5S2. The van der Waals surface area contributed by atoms with E-state index in [2.05, 4.69) is 25.1 Å². The van der Waals surface area contributed by atoms with E-state index < -0.39 is 11.9 Å². The number of nitrogens with one attached hydrogen (secondary N) is 1. The topological polar surface area (TPSA) is 67.3 Å². The van der Waals surface area contributed by atoms with Crippen molar-refractivity contribution >= 4 is 23.1 Å². The van der Waals surface area contributed by atoms with Crippen LogP contribution >= 0.6 is 23.1 Å². The maximum absolute atomic E-state index is 12.6. The molecule has 0 saturated carbocycles. The number of hydrogen-bond acceptors (Lipinski definition) is 6. The third kappa shape index (κ3) is 3.22. The van der Waals surface area contributed by atoms with Crippen molar-refractivity contribution in [2.45, 2.75) is 16.5 Å². The first-order valence-electron chi connectivity index (χ1n) is 5.57. The number of rotatable bonds is 3. The molecular weight excluding hydrogens is 323 g/mol. The van der Waals surface area contributed by atoms with E-state index in [1.165, 1.54) is 11.3 Å². The number of hydrogen-bond donors (Lipinski definition) is 1. The Morgan fingerprint density at radius 1 is 1.14 bits per heavy atom. The van der Waals surface area contributed by atoms with Crippen molar-refractivity contribution < 1.29 is 13.2 Å². The van der Waals surface area contributed by atoms with Gasteiger partial charge in [-0.1, -0.05) is 6.07 Å². The molecule has 10 heteroatoms. The van der Waals surface area contributed by atoms with Gasteiger partial charge in [0.1, 0.15) is 5.69 Å². The lowest BCUT2D eigenvalue weighted by atomic mass is 10.4. The molecule has 0 aliphatic heterocycles. The van der Waals surface area contributed by atoms with Gasteiger partial charge in [-0.25, -0.2) is 15.0 Å². The van der Waals surface area contributed by atoms with Gasteiger partial charge in [-0.05, 0) is 29.3 Å². The summed E-state index contributed by atoms with van der Waals surface area (Å²) in [5.74, 6) is 0.555. The average molecular weight is 329 g/mol. The molecule has 0 saturated heterocycles. The maximum atomic E-state index is 12.6. The van der Waals surface area contributed by atoms with Gasteiger partial charge in [0.25, 0.3) is 0 Å². The summed E-state index contributed by atoms with van der Waals surface area (Å²) in [5, 5.41) is 8.75. The minimum absolute atomic E-state index is 0.0541. The minimum Gasteiger partial charge on any atom is -0.257 e. The highest BCUT2D eigenvalue weighted by molar-refractivity contribution is 7.99. The fourth-order valence-electron chi connectivity index (χ4n) is 1.45. The van der Waals surface area contributed by atoms with Gasteiger partial charge in [0, 0.05) is 6.20 Å². The Bertz CT molecular complexity index is 738. The molecule has 0 atom stereocenters. The van der Waals surface area contributed by atoms with Crippen molar-refractivity contribution in [1.29, 1.82) is 0 Å². The summed E-state index contributed by atoms with van der Waals surface area (Å²) >= 11 is 2.34. The van der Waals surface area contributed by atoms with Gasteiger partial charge >= 0.3 is 6.18 Å². The van der Waals surface area contributed by atoms with E-state index in [0.717, 1.165) is 28.9 Å². The van der Waals surface area contributed by atoms with E-state index in [-0.39, 0.29) is 10.3 Å². The SMILES string of the molecule is FC(F)(F)c1ccnc(Sc2n[nH]c(-c3cccs3)n2)n1. The third-order valence-electron chi connectivity index (χ3n) is 2.33. The summed E-state index contributed by atoms with van der Waals surface area (Å²) in [6.45, 7) is 0. The van der Waals surface area contributed by atoms with Gasteiger partial charge in [0.15, 0.2) is 11.0 Å². The van der Waals surface area contributed by atoms with Crippen LogP contribution in [0.1, 0.15) is 5.69 Å². The van der Waals surface area contributed by atoms with Gasteiger partial charge < -0.3 is 0 Å². The van der Waals surface area contributed by atoms with E-state index in [9.17, 15) is 13.2 Å². The molecule has 3 rings (SSSR count). The largest absolute Gasteiger partial charge is 0.433 e. The summed E-state index contributed by atoms with van der Waals surface area (Å²) in [6, 6.07) is 4.55. The molecule has 3 aromatic rings. The molecule has 0 fully saturated rings. The highest BCUT2D eigenvalue weighted by Gasteiger charge is 2.32. The molecule has 0 amide bonds. The van der Waals surface area contributed by atoms with Crippen molar-refractivity contribution in [2.24, 2.45) is 0 Å². The Morgan fingerprint density at radius 3 is 2.71 bits per heavy atom. The number of aromatic nitrogens is 5. The van der Waals surface area contributed by atoms with Gasteiger partial charge in [-0.3, -0.25) is 5.10 Å². The number of H-pyrrole nitrogens is 1. The second kappa shape index (κ2) is 5.45. The van der Waals surface area contributed by atoms with Crippen molar-refractivity contribution in [3.8, 4) is 10.7 Å². The van der Waals surface area contributed by atoms with Gasteiger partial charge in [-0.2, -0.15) is 13.2 Å². The van der Waals surface area contributed by atoms with Crippen LogP contribution in [-0.4, -0.2) is 25.1 Å². The third-order valence-corrected chi connectivity index (χ3v) is 3.95. The van der Waals surface area contributed by atoms with Crippen LogP contribution in [0.3, 0.4) is 0 Å². The van der Waals surface area contributed by atoms with Gasteiger partial charge in [0.05, 0.1) is 4.88 Å². The molecule has 0 aliphatic rings. The van der Waals surface area contributed by atoms with Crippen LogP contribution in [-0.2, 0) is 6.18 Å². The predicted octanol–water partition coefficient (Wildman–Crippen LogP) is 3.49. The smallest absolute Gasteiger partial charge is 0.257 e. The Labute approximate surface area is 124 Å². The summed E-state index contributed by atoms with van der Waals surface area (Å²) < 4.78 is 37.7. The molecule has 5 nitrogen and oxygen atoms in total. The molecule has 0 aromatic carbocycles. The zero-order valence-electron chi connectivity index (χ0n) is 10.1. The van der Waals surface area contributed by atoms with Crippen LogP contribution in [0.15, 0.2) is 40.1 Å². The summed E-state index contributed by atoms with van der Waals surface area (Å²) in [6.07, 6.45) is -3.44. The zero-order valence-corrected chi connectivity index (χ0v) is 11.8. The van der Waals surface area contributed by atoms with Gasteiger partial charge in [0.2, 0.25) is 5.16 Å². The normalized spacial score (nSPS) is 11.8. The first kappa shape index (κ1) is 14.0. The van der Waals surface area contributed by atoms with Crippen molar-refractivity contribution in [3.05, 3.63) is 35.5 Å². The van der Waals surface area contributed by atoms with Crippen LogP contribution in [0.4, 0.5) is 13.2 Å². The monoisotopic (exact) mass is 329 g/mol. The second-order valence-corrected chi connectivity index (χ2v) is 5.65. The number of alkyl halides is 3. The standard InChI is InChI=1S/C11H6F3N5S2/c12-11(13,14)7-3-4-15-9(16-7)21-10-17-8(18-19-10)6-2-1-5-20-6/h1-5H,(H,17,18,19). The fourth-order valence-corrected chi connectivity index (χ4v) is 2.76. The average Bonchev–Trinajstić information content (AvgIpc) is 3.08. The lowest BCUT2D eigenvalue weighted by Crippen LogP contribution is -2.08. The van der Waals surface area contributed by atoms with Crippen LogP contribution in [0, 0.1) is 0 Å². The Balaban J connectivity index is 1.81. The molecule has 0 aliphatic carbocycles. The first-order valence-corrected chi connectivity index (χ1v) is 7.26. The number of aromatic amines is 1. The number of halogens is 3. The van der Waals surface area contributed by atoms with E-state index >= 15 is 0 Å². The second-order valence-electron chi connectivity index (χ2n) is 3.77. The van der Waals surface area contributed by atoms with Crippen LogP contribution in [0.2, 0.25) is 0 Å². The predicted molar refractivity (Wildman–Crippen MR) is 70.9 cm³/mol. The minimum atomic E-state index is -4.50. The fraction of sp³-hybridized carbons (Fsp3) is 0.0909. The molecule has 3 aromatic heterocycles. The van der Waals surface area contributed by atoms with Crippen molar-refractivity contribution in [2.75, 3.05) is 0 Å². The number of nitrogens with zero attached hydrogens (tertiary/aromatic N) is 4. The van der Waals surface area contributed by atoms with Crippen molar-refractivity contribution in [3.63, 3.8) is 0 Å². The highest BCUT2D eigenvalue weighted by Crippen LogP contribution is 2.30. The lowest BCUT2D eigenvalue weighted by molar-refractivity contribution is -0.141. The Morgan fingerprint density at radius 2 is 2.00 bits per heavy atom. The van der Waals surface area contributed by atoms with E-state index in [4.69, 9.17) is 0 Å². The molecule has 21 heavy (non-hydrogen) atoms. The summed E-state index contributed by atoms with van der Waals surface area (Å²) in [5.41, 5.74) is -0.992. The van der Waals surface area contributed by atoms with Crippen LogP contribution in [0.25, 0.3) is 10.7 Å². The van der Waals surface area contributed by atoms with Crippen molar-refractivity contribution in [1.82, 2.24) is 25.1 Å². The maximum Gasteiger partial charge on any atom is 0.433 e. The first-order chi connectivity index (χ1) is 10.0. The molecule has 0 unspecified atom stereocenters. The lowest BCUT2D eigenvalue weighted by Gasteiger charge is -2.05.